The Balaban J connectivity index is 1.73. The first kappa shape index (κ1) is 16.2. The van der Waals surface area contributed by atoms with E-state index in [9.17, 15) is 0 Å². The topological polar surface area (TPSA) is 0 Å². The van der Waals surface area contributed by atoms with Gasteiger partial charge in [-0.3, -0.25) is 0 Å². The van der Waals surface area contributed by atoms with Gasteiger partial charge in [0.05, 0.1) is 0 Å². The highest BCUT2D eigenvalue weighted by molar-refractivity contribution is 5.25. The number of fused-ring (bicyclic) bond motifs is 5. The molecule has 130 valence electrons. The Bertz CT molecular complexity index is 536. The van der Waals surface area contributed by atoms with Gasteiger partial charge in [-0.2, -0.15) is 0 Å². The second-order valence-electron chi connectivity index (χ2n) is 11.1. The fraction of sp³-hybridized carbons (Fsp3) is 0.913. The Kier molecular flexibility index (Phi) is 3.29. The summed E-state index contributed by atoms with van der Waals surface area (Å²) in [6, 6.07) is 0. The van der Waals surface area contributed by atoms with Crippen molar-refractivity contribution in [3.05, 3.63) is 11.6 Å². The zero-order valence-electron chi connectivity index (χ0n) is 16.5. The van der Waals surface area contributed by atoms with E-state index in [1.54, 1.807) is 0 Å². The molecule has 0 aromatic heterocycles. The molecular weight excluding hydrogens is 276 g/mol. The van der Waals surface area contributed by atoms with Crippen LogP contribution in [0, 0.1) is 39.4 Å². The van der Waals surface area contributed by atoms with Gasteiger partial charge in [0.15, 0.2) is 0 Å². The van der Waals surface area contributed by atoms with Crippen molar-refractivity contribution in [2.45, 2.75) is 92.9 Å². The second-order valence-corrected chi connectivity index (χ2v) is 11.1. The Morgan fingerprint density at radius 1 is 0.913 bits per heavy atom. The Morgan fingerprint density at radius 3 is 2.39 bits per heavy atom. The predicted octanol–water partition coefficient (Wildman–Crippen LogP) is 7.00. The summed E-state index contributed by atoms with van der Waals surface area (Å²) in [6.45, 7) is 15.6. The molecule has 23 heavy (non-hydrogen) atoms. The summed E-state index contributed by atoms with van der Waals surface area (Å²) in [5, 5.41) is 0. The van der Waals surface area contributed by atoms with Crippen LogP contribution in [0.25, 0.3) is 0 Å². The van der Waals surface area contributed by atoms with Crippen molar-refractivity contribution >= 4 is 0 Å². The van der Waals surface area contributed by atoms with Gasteiger partial charge in [0.25, 0.3) is 0 Å². The molecule has 0 aromatic carbocycles. The van der Waals surface area contributed by atoms with Crippen LogP contribution in [0.2, 0.25) is 0 Å². The molecule has 4 unspecified atom stereocenters. The van der Waals surface area contributed by atoms with Gasteiger partial charge in [0, 0.05) is 0 Å². The molecule has 4 rings (SSSR count). The highest BCUT2D eigenvalue weighted by atomic mass is 14.7. The van der Waals surface area contributed by atoms with Crippen LogP contribution < -0.4 is 0 Å². The summed E-state index contributed by atoms with van der Waals surface area (Å²) in [7, 11) is 0. The molecule has 5 atom stereocenters. The maximum atomic E-state index is 2.66. The Morgan fingerprint density at radius 2 is 1.65 bits per heavy atom. The van der Waals surface area contributed by atoms with Gasteiger partial charge in [0.2, 0.25) is 0 Å². The van der Waals surface area contributed by atoms with Crippen LogP contribution >= 0.6 is 0 Å². The summed E-state index contributed by atoms with van der Waals surface area (Å²) in [5.74, 6) is 2.94. The Labute approximate surface area is 144 Å². The molecule has 0 heterocycles. The van der Waals surface area contributed by atoms with E-state index in [1.165, 1.54) is 51.4 Å². The third-order valence-electron chi connectivity index (χ3n) is 10.3. The molecule has 0 N–H and O–H groups in total. The lowest BCUT2D eigenvalue weighted by atomic mass is 9.45. The van der Waals surface area contributed by atoms with E-state index in [0.717, 1.165) is 17.8 Å². The molecular formula is C23H38. The summed E-state index contributed by atoms with van der Waals surface area (Å²) < 4.78 is 0. The number of allylic oxidation sites excluding steroid dienone is 2. The highest BCUT2D eigenvalue weighted by Crippen LogP contribution is 2.74. The van der Waals surface area contributed by atoms with Crippen molar-refractivity contribution in [3.8, 4) is 0 Å². The fourth-order valence-corrected chi connectivity index (χ4v) is 7.80. The van der Waals surface area contributed by atoms with Crippen molar-refractivity contribution in [3.63, 3.8) is 0 Å². The third-order valence-corrected chi connectivity index (χ3v) is 10.3. The van der Waals surface area contributed by atoms with Gasteiger partial charge in [0.1, 0.15) is 0 Å². The van der Waals surface area contributed by atoms with Gasteiger partial charge in [-0.05, 0) is 90.8 Å². The maximum Gasteiger partial charge on any atom is -0.00853 e. The maximum absolute atomic E-state index is 2.66. The normalized spacial score (nSPS) is 50.5. The number of hydrogen-bond donors (Lipinski definition) is 0. The highest BCUT2D eigenvalue weighted by Gasteiger charge is 2.66. The van der Waals surface area contributed by atoms with Crippen molar-refractivity contribution in [2.75, 3.05) is 0 Å². The van der Waals surface area contributed by atoms with Crippen LogP contribution in [0.3, 0.4) is 0 Å². The van der Waals surface area contributed by atoms with Crippen LogP contribution in [0.15, 0.2) is 11.6 Å². The second kappa shape index (κ2) is 4.67. The molecule has 0 aliphatic heterocycles. The van der Waals surface area contributed by atoms with Crippen LogP contribution in [0.5, 0.6) is 0 Å². The van der Waals surface area contributed by atoms with E-state index in [1.807, 2.05) is 5.57 Å². The minimum absolute atomic E-state index is 0.471. The van der Waals surface area contributed by atoms with Crippen molar-refractivity contribution in [2.24, 2.45) is 39.4 Å². The smallest absolute Gasteiger partial charge is 0.00853 e. The van der Waals surface area contributed by atoms with E-state index < -0.39 is 0 Å². The minimum Gasteiger partial charge on any atom is -0.0848 e. The van der Waals surface area contributed by atoms with E-state index in [-0.39, 0.29) is 0 Å². The average Bonchev–Trinajstić information content (AvgIpc) is 2.62. The number of rotatable bonds is 0. The first-order valence-electron chi connectivity index (χ1n) is 10.3. The number of hydrogen-bond acceptors (Lipinski definition) is 0. The quantitative estimate of drug-likeness (QED) is 0.422. The monoisotopic (exact) mass is 314 g/mol. The lowest BCUT2D eigenvalue weighted by molar-refractivity contribution is -0.0791. The van der Waals surface area contributed by atoms with E-state index in [0.29, 0.717) is 21.7 Å². The first-order valence-corrected chi connectivity index (χ1v) is 10.3. The van der Waals surface area contributed by atoms with Crippen LogP contribution in [0.4, 0.5) is 0 Å². The van der Waals surface area contributed by atoms with Crippen LogP contribution in [-0.2, 0) is 0 Å². The molecule has 0 heteroatoms. The minimum atomic E-state index is 0.471. The molecule has 0 aromatic rings. The average molecular weight is 315 g/mol. The van der Waals surface area contributed by atoms with Crippen molar-refractivity contribution in [1.82, 2.24) is 0 Å². The zero-order chi connectivity index (χ0) is 16.7. The SMILES string of the molecule is CC12CCCC=C1CCC1C2CC[C@@]2(C)C1CC(C)(C)C2(C)C. The van der Waals surface area contributed by atoms with Gasteiger partial charge in [-0.15, -0.1) is 0 Å². The van der Waals surface area contributed by atoms with Crippen molar-refractivity contribution < 1.29 is 0 Å². The molecule has 3 saturated carbocycles. The van der Waals surface area contributed by atoms with Gasteiger partial charge < -0.3 is 0 Å². The zero-order valence-corrected chi connectivity index (χ0v) is 16.5. The molecule has 0 bridgehead atoms. The largest absolute Gasteiger partial charge is 0.0848 e. The summed E-state index contributed by atoms with van der Waals surface area (Å²) >= 11 is 0. The standard InChI is InChI=1S/C23H38/c1-20(2)15-19-17-11-10-16-9-7-8-13-22(16,5)18(17)12-14-23(19,6)21(20,3)4/h9,17-19H,7-8,10-15H2,1-6H3/t17?,18?,19?,22?,23-/m0/s1. The molecule has 3 fully saturated rings. The van der Waals surface area contributed by atoms with Gasteiger partial charge in [-0.1, -0.05) is 53.2 Å². The summed E-state index contributed by atoms with van der Waals surface area (Å²) in [4.78, 5) is 0. The predicted molar refractivity (Wildman–Crippen MR) is 99.3 cm³/mol. The molecule has 0 amide bonds. The third kappa shape index (κ3) is 1.85. The molecule has 0 saturated heterocycles. The fourth-order valence-electron chi connectivity index (χ4n) is 7.80. The first-order chi connectivity index (χ1) is 10.6. The van der Waals surface area contributed by atoms with E-state index in [4.69, 9.17) is 0 Å². The van der Waals surface area contributed by atoms with Crippen molar-refractivity contribution in [1.29, 1.82) is 0 Å². The van der Waals surface area contributed by atoms with E-state index in [2.05, 4.69) is 47.6 Å². The molecule has 0 nitrogen and oxygen atoms in total. The Hall–Kier alpha value is -0.260. The molecule has 4 aliphatic rings. The lowest BCUT2D eigenvalue weighted by Gasteiger charge is -2.60. The summed E-state index contributed by atoms with van der Waals surface area (Å²) in [5.41, 5.74) is 3.93. The molecule has 0 radical (unpaired) electrons. The van der Waals surface area contributed by atoms with Gasteiger partial charge in [-0.25, -0.2) is 0 Å². The molecule has 0 spiro atoms. The molecule has 4 aliphatic carbocycles. The van der Waals surface area contributed by atoms with Crippen LogP contribution in [-0.4, -0.2) is 0 Å². The summed E-state index contributed by atoms with van der Waals surface area (Å²) in [6.07, 6.45) is 14.2. The van der Waals surface area contributed by atoms with E-state index >= 15 is 0 Å². The van der Waals surface area contributed by atoms with Gasteiger partial charge >= 0.3 is 0 Å². The van der Waals surface area contributed by atoms with Crippen LogP contribution in [0.1, 0.15) is 92.9 Å². The lowest BCUT2D eigenvalue weighted by Crippen LogP contribution is -2.51.